The van der Waals surface area contributed by atoms with Gasteiger partial charge in [0.05, 0.1) is 0 Å². The van der Waals surface area contributed by atoms with E-state index >= 15 is 0 Å². The van der Waals surface area contributed by atoms with Crippen LogP contribution in [0.2, 0.25) is 0 Å². The Morgan fingerprint density at radius 2 is 2.46 bits per heavy atom. The van der Waals surface area contributed by atoms with Crippen LogP contribution in [0.3, 0.4) is 0 Å². The molecule has 0 unspecified atom stereocenters. The fourth-order valence-corrected chi connectivity index (χ4v) is 2.84. The van der Waals surface area contributed by atoms with Crippen LogP contribution >= 0.6 is 15.9 Å². The van der Waals surface area contributed by atoms with Crippen LogP contribution in [-0.2, 0) is 4.79 Å². The molecule has 2 nitrogen and oxygen atoms in total. The van der Waals surface area contributed by atoms with Crippen LogP contribution in [0, 0.1) is 11.3 Å². The van der Waals surface area contributed by atoms with Crippen LogP contribution in [-0.4, -0.2) is 16.4 Å². The molecule has 74 valence electrons. The van der Waals surface area contributed by atoms with E-state index < -0.39 is 5.97 Å². The standard InChI is InChI=1S/C10H15BrO2/c1-7-3-4-8(5-9(12)13)10(7,2)6-11/h8H,1,3-6H2,2H3,(H,12,13)/t8-,10+/m0/s1. The molecule has 0 aliphatic heterocycles. The van der Waals surface area contributed by atoms with Crippen molar-refractivity contribution in [2.45, 2.75) is 26.2 Å². The van der Waals surface area contributed by atoms with E-state index in [1.54, 1.807) is 0 Å². The van der Waals surface area contributed by atoms with Gasteiger partial charge in [-0.1, -0.05) is 35.0 Å². The Labute approximate surface area is 87.2 Å². The maximum Gasteiger partial charge on any atom is 0.303 e. The summed E-state index contributed by atoms with van der Waals surface area (Å²) < 4.78 is 0. The van der Waals surface area contributed by atoms with E-state index in [1.165, 1.54) is 5.57 Å². The number of hydrogen-bond donors (Lipinski definition) is 1. The highest BCUT2D eigenvalue weighted by molar-refractivity contribution is 9.09. The molecule has 0 amide bonds. The predicted molar refractivity (Wildman–Crippen MR) is 56.0 cm³/mol. The van der Waals surface area contributed by atoms with Gasteiger partial charge in [0.25, 0.3) is 0 Å². The van der Waals surface area contributed by atoms with E-state index in [9.17, 15) is 4.79 Å². The molecule has 0 radical (unpaired) electrons. The second-order valence-electron chi connectivity index (χ2n) is 3.99. The van der Waals surface area contributed by atoms with Crippen LogP contribution in [0.15, 0.2) is 12.2 Å². The molecule has 0 aromatic rings. The minimum Gasteiger partial charge on any atom is -0.481 e. The summed E-state index contributed by atoms with van der Waals surface area (Å²) in [4.78, 5) is 10.6. The van der Waals surface area contributed by atoms with Crippen LogP contribution < -0.4 is 0 Å². The molecule has 1 fully saturated rings. The lowest BCUT2D eigenvalue weighted by atomic mass is 9.78. The summed E-state index contributed by atoms with van der Waals surface area (Å²) in [6.45, 7) is 6.11. The van der Waals surface area contributed by atoms with Gasteiger partial charge in [0.2, 0.25) is 0 Å². The molecular formula is C10H15BrO2. The largest absolute Gasteiger partial charge is 0.481 e. The van der Waals surface area contributed by atoms with Crippen molar-refractivity contribution in [3.05, 3.63) is 12.2 Å². The highest BCUT2D eigenvalue weighted by atomic mass is 79.9. The Hall–Kier alpha value is -0.310. The highest BCUT2D eigenvalue weighted by Crippen LogP contribution is 2.49. The van der Waals surface area contributed by atoms with E-state index in [-0.39, 0.29) is 17.8 Å². The number of aliphatic carboxylic acids is 1. The quantitative estimate of drug-likeness (QED) is 0.615. The Morgan fingerprint density at radius 1 is 1.85 bits per heavy atom. The summed E-state index contributed by atoms with van der Waals surface area (Å²) in [5.41, 5.74) is 1.17. The van der Waals surface area contributed by atoms with Crippen molar-refractivity contribution < 1.29 is 9.90 Å². The summed E-state index contributed by atoms with van der Waals surface area (Å²) in [7, 11) is 0. The smallest absolute Gasteiger partial charge is 0.303 e. The predicted octanol–water partition coefficient (Wildman–Crippen LogP) is 2.83. The number of alkyl halides is 1. The average molecular weight is 247 g/mol. The van der Waals surface area contributed by atoms with Crippen molar-refractivity contribution in [3.8, 4) is 0 Å². The molecule has 1 rings (SSSR count). The summed E-state index contributed by atoms with van der Waals surface area (Å²) in [5, 5.41) is 9.56. The molecule has 1 aliphatic rings. The molecule has 0 saturated heterocycles. The molecular weight excluding hydrogens is 232 g/mol. The van der Waals surface area contributed by atoms with Crippen LogP contribution in [0.5, 0.6) is 0 Å². The number of carbonyl (C=O) groups is 1. The lowest BCUT2D eigenvalue weighted by Gasteiger charge is -2.29. The maximum absolute atomic E-state index is 10.6. The van der Waals surface area contributed by atoms with E-state index in [1.807, 2.05) is 0 Å². The molecule has 13 heavy (non-hydrogen) atoms. The zero-order valence-electron chi connectivity index (χ0n) is 7.85. The molecule has 0 aromatic carbocycles. The van der Waals surface area contributed by atoms with E-state index in [2.05, 4.69) is 29.4 Å². The average Bonchev–Trinajstić information content (AvgIpc) is 2.33. The summed E-state index contributed by atoms with van der Waals surface area (Å²) >= 11 is 3.45. The van der Waals surface area contributed by atoms with E-state index in [0.717, 1.165) is 18.2 Å². The number of rotatable bonds is 3. The summed E-state index contributed by atoms with van der Waals surface area (Å²) in [6.07, 6.45) is 2.20. The Kier molecular flexibility index (Phi) is 3.17. The zero-order chi connectivity index (χ0) is 10.1. The van der Waals surface area contributed by atoms with Crippen LogP contribution in [0.4, 0.5) is 0 Å². The second kappa shape index (κ2) is 3.82. The third kappa shape index (κ3) is 1.96. The van der Waals surface area contributed by atoms with Gasteiger partial charge in [0, 0.05) is 17.2 Å². The van der Waals surface area contributed by atoms with E-state index in [4.69, 9.17) is 5.11 Å². The zero-order valence-corrected chi connectivity index (χ0v) is 9.43. The van der Waals surface area contributed by atoms with Crippen molar-refractivity contribution in [3.63, 3.8) is 0 Å². The Morgan fingerprint density at radius 3 is 2.92 bits per heavy atom. The van der Waals surface area contributed by atoms with Crippen LogP contribution in [0.25, 0.3) is 0 Å². The number of carboxylic acids is 1. The lowest BCUT2D eigenvalue weighted by Crippen LogP contribution is -2.26. The first-order valence-corrected chi connectivity index (χ1v) is 5.59. The van der Waals surface area contributed by atoms with Crippen molar-refractivity contribution in [2.24, 2.45) is 11.3 Å². The second-order valence-corrected chi connectivity index (χ2v) is 4.55. The van der Waals surface area contributed by atoms with Crippen molar-refractivity contribution in [2.75, 3.05) is 5.33 Å². The Bertz CT molecular complexity index is 237. The van der Waals surface area contributed by atoms with Gasteiger partial charge in [-0.25, -0.2) is 0 Å². The van der Waals surface area contributed by atoms with Gasteiger partial charge in [-0.15, -0.1) is 0 Å². The number of hydrogen-bond acceptors (Lipinski definition) is 1. The molecule has 1 saturated carbocycles. The molecule has 0 heterocycles. The normalized spacial score (nSPS) is 33.7. The molecule has 3 heteroatoms. The number of halogens is 1. The monoisotopic (exact) mass is 246 g/mol. The fraction of sp³-hybridized carbons (Fsp3) is 0.700. The highest BCUT2D eigenvalue weighted by Gasteiger charge is 2.41. The minimum absolute atomic E-state index is 0.0155. The third-order valence-corrected chi connectivity index (χ3v) is 4.37. The lowest BCUT2D eigenvalue weighted by molar-refractivity contribution is -0.138. The fourth-order valence-electron chi connectivity index (χ4n) is 1.98. The van der Waals surface area contributed by atoms with Crippen molar-refractivity contribution >= 4 is 21.9 Å². The number of allylic oxidation sites excluding steroid dienone is 1. The molecule has 0 aromatic heterocycles. The maximum atomic E-state index is 10.6. The molecule has 1 aliphatic carbocycles. The van der Waals surface area contributed by atoms with Gasteiger partial charge >= 0.3 is 5.97 Å². The van der Waals surface area contributed by atoms with Gasteiger partial charge in [-0.2, -0.15) is 0 Å². The van der Waals surface area contributed by atoms with Crippen molar-refractivity contribution in [1.29, 1.82) is 0 Å². The first-order valence-electron chi connectivity index (χ1n) is 4.46. The molecule has 0 spiro atoms. The number of carboxylic acid groups (broad SMARTS) is 1. The van der Waals surface area contributed by atoms with E-state index in [0.29, 0.717) is 0 Å². The first kappa shape index (κ1) is 10.8. The summed E-state index contributed by atoms with van der Waals surface area (Å²) in [6, 6.07) is 0. The molecule has 2 atom stereocenters. The first-order chi connectivity index (χ1) is 6.00. The molecule has 0 bridgehead atoms. The van der Waals surface area contributed by atoms with Gasteiger partial charge in [-0.3, -0.25) is 4.79 Å². The van der Waals surface area contributed by atoms with Gasteiger partial charge in [0.1, 0.15) is 0 Å². The molecule has 1 N–H and O–H groups in total. The minimum atomic E-state index is -0.702. The van der Waals surface area contributed by atoms with Gasteiger partial charge < -0.3 is 5.11 Å². The van der Waals surface area contributed by atoms with Gasteiger partial charge in [0.15, 0.2) is 0 Å². The third-order valence-electron chi connectivity index (χ3n) is 3.20. The summed E-state index contributed by atoms with van der Waals surface area (Å²) in [5.74, 6) is -0.455. The SMILES string of the molecule is C=C1CC[C@@H](CC(=O)O)[C@]1(C)CBr. The van der Waals surface area contributed by atoms with Crippen LogP contribution in [0.1, 0.15) is 26.2 Å². The topological polar surface area (TPSA) is 37.3 Å². The Balaban J connectivity index is 2.75. The van der Waals surface area contributed by atoms with Crippen molar-refractivity contribution in [1.82, 2.24) is 0 Å². The van der Waals surface area contributed by atoms with Gasteiger partial charge in [-0.05, 0) is 18.8 Å².